The molecule has 2 aliphatic rings. The first-order chi connectivity index (χ1) is 16.9. The number of carbonyl (C=O) groups excluding carboxylic acids is 3. The molecule has 0 saturated carbocycles. The topological polar surface area (TPSA) is 76.2 Å². The van der Waals surface area contributed by atoms with Crippen LogP contribution in [0.5, 0.6) is 11.5 Å². The van der Waals surface area contributed by atoms with Crippen LogP contribution in [0.25, 0.3) is 6.08 Å². The Morgan fingerprint density at radius 3 is 2.63 bits per heavy atom. The van der Waals surface area contributed by atoms with Crippen LogP contribution in [0.2, 0.25) is 0 Å². The van der Waals surface area contributed by atoms with E-state index in [4.69, 9.17) is 9.47 Å². The summed E-state index contributed by atoms with van der Waals surface area (Å²) >= 11 is 3.04. The highest BCUT2D eigenvalue weighted by Gasteiger charge is 2.37. The average molecular weight is 606 g/mol. The van der Waals surface area contributed by atoms with Crippen molar-refractivity contribution in [1.82, 2.24) is 9.80 Å². The molecule has 7 nitrogen and oxygen atoms in total. The molecular formula is C26H27IN2O5S. The zero-order chi connectivity index (χ0) is 24.9. The third-order valence-corrected chi connectivity index (χ3v) is 7.43. The lowest BCUT2D eigenvalue weighted by Gasteiger charge is -2.18. The summed E-state index contributed by atoms with van der Waals surface area (Å²) < 4.78 is 12.8. The molecule has 4 rings (SSSR count). The number of aryl methyl sites for hydroxylation is 1. The van der Waals surface area contributed by atoms with Crippen LogP contribution in [0.3, 0.4) is 0 Å². The van der Waals surface area contributed by atoms with E-state index in [1.165, 1.54) is 0 Å². The molecule has 0 unspecified atom stereocenters. The highest BCUT2D eigenvalue weighted by molar-refractivity contribution is 14.1. The fourth-order valence-corrected chi connectivity index (χ4v) is 5.64. The first-order valence-electron chi connectivity index (χ1n) is 11.5. The van der Waals surface area contributed by atoms with Gasteiger partial charge >= 0.3 is 0 Å². The molecule has 2 aliphatic heterocycles. The minimum absolute atomic E-state index is 0.186. The third kappa shape index (κ3) is 6.19. The molecule has 9 heteroatoms. The van der Waals surface area contributed by atoms with Gasteiger partial charge in [0.05, 0.1) is 15.1 Å². The summed E-state index contributed by atoms with van der Waals surface area (Å²) in [6.45, 7) is 5.94. The van der Waals surface area contributed by atoms with Crippen LogP contribution in [0.15, 0.2) is 41.3 Å². The van der Waals surface area contributed by atoms with E-state index >= 15 is 0 Å². The van der Waals surface area contributed by atoms with Gasteiger partial charge in [-0.15, -0.1) is 0 Å². The third-order valence-electron chi connectivity index (χ3n) is 5.72. The summed E-state index contributed by atoms with van der Waals surface area (Å²) in [5.74, 6) is 0.576. The summed E-state index contributed by atoms with van der Waals surface area (Å²) in [7, 11) is 0. The Bertz CT molecular complexity index is 1180. The van der Waals surface area contributed by atoms with Crippen LogP contribution in [0.4, 0.5) is 4.79 Å². The maximum Gasteiger partial charge on any atom is 0.294 e. The number of amides is 3. The molecule has 0 aliphatic carbocycles. The Hall–Kier alpha value is -2.53. The summed E-state index contributed by atoms with van der Waals surface area (Å²) in [6, 6.07) is 11.8. The Morgan fingerprint density at radius 2 is 1.91 bits per heavy atom. The van der Waals surface area contributed by atoms with E-state index in [1.54, 1.807) is 17.0 Å². The van der Waals surface area contributed by atoms with Crippen LogP contribution < -0.4 is 9.47 Å². The number of hydrogen-bond donors (Lipinski definition) is 0. The van der Waals surface area contributed by atoms with E-state index in [-0.39, 0.29) is 17.4 Å². The number of hydrogen-bond acceptors (Lipinski definition) is 6. The molecule has 184 valence electrons. The number of benzene rings is 2. The molecule has 2 aromatic rings. The molecule has 3 amide bonds. The number of likely N-dealkylation sites (tertiary alicyclic amines) is 1. The average Bonchev–Trinajstić information content (AvgIpc) is 3.44. The second-order valence-corrected chi connectivity index (χ2v) is 10.6. The smallest absolute Gasteiger partial charge is 0.294 e. The molecule has 0 bridgehead atoms. The largest absolute Gasteiger partial charge is 0.490 e. The Morgan fingerprint density at radius 1 is 1.14 bits per heavy atom. The van der Waals surface area contributed by atoms with Gasteiger partial charge in [-0.05, 0) is 90.4 Å². The molecule has 2 aromatic carbocycles. The normalized spacial score (nSPS) is 16.9. The minimum Gasteiger partial charge on any atom is -0.490 e. The van der Waals surface area contributed by atoms with Gasteiger partial charge in [-0.1, -0.05) is 29.8 Å². The van der Waals surface area contributed by atoms with Crippen molar-refractivity contribution in [1.29, 1.82) is 0 Å². The quantitative estimate of drug-likeness (QED) is 0.303. The maximum atomic E-state index is 12.9. The monoisotopic (exact) mass is 606 g/mol. The van der Waals surface area contributed by atoms with E-state index in [0.717, 1.165) is 49.8 Å². The fraction of sp³-hybridized carbons (Fsp3) is 0.346. The zero-order valence-corrected chi connectivity index (χ0v) is 22.7. The number of carbonyl (C=O) groups is 3. The minimum atomic E-state index is -0.444. The van der Waals surface area contributed by atoms with Gasteiger partial charge in [-0.2, -0.15) is 0 Å². The number of ether oxygens (including phenoxy) is 2. The van der Waals surface area contributed by atoms with Crippen molar-refractivity contribution in [3.05, 3.63) is 61.6 Å². The van der Waals surface area contributed by atoms with Crippen molar-refractivity contribution in [3.8, 4) is 11.5 Å². The maximum absolute atomic E-state index is 12.9. The Balaban J connectivity index is 1.52. The second kappa shape index (κ2) is 11.5. The van der Waals surface area contributed by atoms with Crippen LogP contribution in [-0.4, -0.2) is 53.1 Å². The molecule has 2 fully saturated rings. The number of nitrogens with zero attached hydrogens (tertiary/aromatic N) is 2. The van der Waals surface area contributed by atoms with Gasteiger partial charge in [0.2, 0.25) is 5.91 Å². The summed E-state index contributed by atoms with van der Waals surface area (Å²) in [4.78, 5) is 40.9. The van der Waals surface area contributed by atoms with Crippen molar-refractivity contribution in [2.75, 3.05) is 26.2 Å². The lowest BCUT2D eigenvalue weighted by molar-refractivity contribution is -0.135. The van der Waals surface area contributed by atoms with Gasteiger partial charge in [-0.3, -0.25) is 19.3 Å². The summed E-state index contributed by atoms with van der Waals surface area (Å²) in [5, 5.41) is -0.424. The molecule has 35 heavy (non-hydrogen) atoms. The van der Waals surface area contributed by atoms with Gasteiger partial charge < -0.3 is 14.4 Å². The SMILES string of the molecule is CCOc1cc(/C=C2/SC(=O)N(CC(=O)N3CCCC3)C2=O)cc(I)c1OCc1cccc(C)c1. The Labute approximate surface area is 223 Å². The van der Waals surface area contributed by atoms with Crippen LogP contribution >= 0.6 is 34.4 Å². The first kappa shape index (κ1) is 25.6. The highest BCUT2D eigenvalue weighted by Crippen LogP contribution is 2.38. The van der Waals surface area contributed by atoms with Crippen molar-refractivity contribution >= 4 is 57.5 Å². The lowest BCUT2D eigenvalue weighted by Crippen LogP contribution is -2.40. The fourth-order valence-electron chi connectivity index (χ4n) is 4.02. The van der Waals surface area contributed by atoms with Gasteiger partial charge in [0.1, 0.15) is 13.2 Å². The lowest BCUT2D eigenvalue weighted by atomic mass is 10.1. The van der Waals surface area contributed by atoms with Crippen molar-refractivity contribution < 1.29 is 23.9 Å². The molecule has 0 aromatic heterocycles. The Kier molecular flexibility index (Phi) is 8.38. The second-order valence-electron chi connectivity index (χ2n) is 8.40. The number of rotatable bonds is 8. The van der Waals surface area contributed by atoms with Gasteiger partial charge in [0, 0.05) is 13.1 Å². The van der Waals surface area contributed by atoms with Gasteiger partial charge in [0.25, 0.3) is 11.1 Å². The van der Waals surface area contributed by atoms with Crippen LogP contribution in [0.1, 0.15) is 36.5 Å². The van der Waals surface area contributed by atoms with E-state index in [0.29, 0.717) is 37.8 Å². The molecule has 0 spiro atoms. The van der Waals surface area contributed by atoms with Gasteiger partial charge in [0.15, 0.2) is 11.5 Å². The molecule has 2 heterocycles. The predicted molar refractivity (Wildman–Crippen MR) is 144 cm³/mol. The van der Waals surface area contributed by atoms with E-state index in [1.807, 2.05) is 38.1 Å². The van der Waals surface area contributed by atoms with E-state index in [2.05, 4.69) is 28.7 Å². The van der Waals surface area contributed by atoms with E-state index < -0.39 is 11.1 Å². The number of thioether (sulfide) groups is 1. The molecule has 0 radical (unpaired) electrons. The predicted octanol–water partition coefficient (Wildman–Crippen LogP) is 5.24. The molecular weight excluding hydrogens is 579 g/mol. The van der Waals surface area contributed by atoms with Crippen molar-refractivity contribution in [2.24, 2.45) is 0 Å². The van der Waals surface area contributed by atoms with E-state index in [9.17, 15) is 14.4 Å². The van der Waals surface area contributed by atoms with Crippen LogP contribution in [0, 0.1) is 10.5 Å². The van der Waals surface area contributed by atoms with Gasteiger partial charge in [-0.25, -0.2) is 0 Å². The first-order valence-corrected chi connectivity index (χ1v) is 13.4. The van der Waals surface area contributed by atoms with Crippen LogP contribution in [-0.2, 0) is 16.2 Å². The zero-order valence-electron chi connectivity index (χ0n) is 19.7. The standard InChI is InChI=1S/C26H27IN2O5S/c1-3-33-21-13-19(12-20(27)24(21)34-16-18-8-6-7-17(2)11-18)14-22-25(31)29(26(32)35-22)15-23(30)28-9-4-5-10-28/h6-8,11-14H,3-5,9-10,15-16H2,1-2H3/b22-14+. The number of halogens is 1. The molecule has 0 N–H and O–H groups in total. The molecule has 2 saturated heterocycles. The number of imide groups is 1. The summed E-state index contributed by atoms with van der Waals surface area (Å²) in [5.41, 5.74) is 2.94. The highest BCUT2D eigenvalue weighted by atomic mass is 127. The summed E-state index contributed by atoms with van der Waals surface area (Å²) in [6.07, 6.45) is 3.58. The van der Waals surface area contributed by atoms with Crippen molar-refractivity contribution in [2.45, 2.75) is 33.3 Å². The van der Waals surface area contributed by atoms with Crippen molar-refractivity contribution in [3.63, 3.8) is 0 Å². The molecule has 0 atom stereocenters.